The van der Waals surface area contributed by atoms with E-state index in [0.717, 1.165) is 3.63 Å². The van der Waals surface area contributed by atoms with Gasteiger partial charge in [-0.15, -0.1) is 0 Å². The summed E-state index contributed by atoms with van der Waals surface area (Å²) < 4.78 is 93.5. The van der Waals surface area contributed by atoms with Crippen molar-refractivity contribution in [3.8, 4) is 0 Å². The van der Waals surface area contributed by atoms with Gasteiger partial charge in [-0.05, 0) is 55.4 Å². The maximum Gasteiger partial charge on any atom is 0 e. The van der Waals surface area contributed by atoms with Crippen molar-refractivity contribution < 1.29 is 116 Å². The Kier molecular flexibility index (Phi) is 491. The first kappa shape index (κ1) is 118. The molecule has 0 aliphatic rings. The van der Waals surface area contributed by atoms with Gasteiger partial charge in [-0.25, -0.2) is 0 Å². The van der Waals surface area contributed by atoms with Crippen molar-refractivity contribution in [3.63, 3.8) is 0 Å². The molecule has 0 heterocycles. The summed E-state index contributed by atoms with van der Waals surface area (Å²) in [6.07, 6.45) is 0. The Labute approximate surface area is 343 Å². The van der Waals surface area contributed by atoms with Crippen molar-refractivity contribution in [2.45, 2.75) is 72.9 Å². The molecule has 0 N–H and O–H groups in total. The molecule has 0 amide bonds. The van der Waals surface area contributed by atoms with Gasteiger partial charge in [0.05, 0.1) is 52.4 Å². The molecule has 0 aromatic carbocycles. The quantitative estimate of drug-likeness (QED) is 0.143. The predicted octanol–water partition coefficient (Wildman–Crippen LogP) is 4.29. The normalized spacial score (nSPS) is 5.63. The van der Waals surface area contributed by atoms with Crippen LogP contribution in [0, 0.1) is 79.8 Å². The van der Waals surface area contributed by atoms with Crippen LogP contribution in [0.3, 0.4) is 0 Å². The Hall–Kier alpha value is -0.758. The molecule has 0 atom stereocenters. The van der Waals surface area contributed by atoms with E-state index in [2.05, 4.69) is 149 Å². The van der Waals surface area contributed by atoms with Crippen molar-refractivity contribution in [1.82, 2.24) is 0 Å². The monoisotopic (exact) mass is 1020 g/mol. The summed E-state index contributed by atoms with van der Waals surface area (Å²) in [5.74, 6) is 0. The summed E-state index contributed by atoms with van der Waals surface area (Å²) in [5, 5.41) is 0. The van der Waals surface area contributed by atoms with Crippen LogP contribution in [0.1, 0.15) is 69.2 Å². The Morgan fingerprint density at radius 2 is 0.347 bits per heavy atom. The van der Waals surface area contributed by atoms with Crippen LogP contribution in [-0.4, -0.2) is 86.0 Å². The van der Waals surface area contributed by atoms with Crippen LogP contribution in [0.5, 0.6) is 0 Å². The van der Waals surface area contributed by atoms with E-state index in [4.69, 9.17) is 55.8 Å². The van der Waals surface area contributed by atoms with Crippen LogP contribution in [0.2, 0.25) is 3.63 Å². The van der Waals surface area contributed by atoms with Gasteiger partial charge < -0.3 is 8.97 Å². The molecule has 18 heteroatoms. The second-order valence-corrected chi connectivity index (χ2v) is 10.3. The largest absolute Gasteiger partial charge is 0 e. The fraction of sp³-hybridized carbons (Fsp3) is 0.613. The summed E-state index contributed by atoms with van der Waals surface area (Å²) in [6.45, 7) is 86.9. The average Bonchev–Trinajstić information content (AvgIpc) is 3.20. The molecular weight excluding hydrogens is 969 g/mol. The molecule has 0 saturated carbocycles. The summed E-state index contributed by atoms with van der Waals surface area (Å²) in [7, 11) is 0. The van der Waals surface area contributed by atoms with Gasteiger partial charge in [0.25, 0.3) is 0 Å². The minimum absolute atomic E-state index is 0. The fourth-order valence-corrected chi connectivity index (χ4v) is 2.68. The van der Waals surface area contributed by atoms with Crippen molar-refractivity contribution in [2.75, 3.05) is 52.4 Å². The second kappa shape index (κ2) is 204. The van der Waals surface area contributed by atoms with E-state index in [-0.39, 0.29) is 51.2 Å². The molecular formula is C31H47BiFe3N2O12+2. The summed E-state index contributed by atoms with van der Waals surface area (Å²) in [4.78, 5) is 0. The van der Waals surface area contributed by atoms with Gasteiger partial charge in [0.15, 0.2) is 0 Å². The molecule has 2 radical (unpaired) electrons. The molecule has 0 aliphatic carbocycles. The first-order valence-electron chi connectivity index (χ1n) is 12.0. The van der Waals surface area contributed by atoms with Crippen molar-refractivity contribution in [2.24, 2.45) is 0 Å². The zero-order valence-corrected chi connectivity index (χ0v) is 36.3. The molecule has 0 aromatic heterocycles. The summed E-state index contributed by atoms with van der Waals surface area (Å²) >= 11 is 1.51. The number of hydrogen-bond acceptors (Lipinski definition) is 0. The minimum atomic E-state index is 0. The molecule has 0 rings (SSSR count). The van der Waals surface area contributed by atoms with E-state index in [1.54, 1.807) is 0 Å². The van der Waals surface area contributed by atoms with E-state index in [0.29, 0.717) is 0 Å². The number of nitrogens with zero attached hydrogens (tertiary/aromatic N) is 2. The Balaban J connectivity index is -0.0000000140. The Bertz CT molecular complexity index is 508. The van der Waals surface area contributed by atoms with Crippen molar-refractivity contribution >= 4 is 24.7 Å². The van der Waals surface area contributed by atoms with Gasteiger partial charge in [-0.2, -0.15) is 0 Å². The third-order valence-electron chi connectivity index (χ3n) is 5.37. The van der Waals surface area contributed by atoms with E-state index < -0.39 is 0 Å². The standard InChI is InChI=1S/2C8H20N.C3H7.12CO.Bi.3Fe/c2*1-5-9(6-2,7-3)8-4;1-3-2;12*1-2;;;;/h2*5-8H2,1-4H3;3H,1-2H3;;;;;;;;;;;;;;;;/q2*+1;;;;;;;;;;;;;;;;;. The third kappa shape index (κ3) is 179. The molecule has 49 heavy (non-hydrogen) atoms. The van der Waals surface area contributed by atoms with Gasteiger partial charge >= 0.3 is 178 Å². The average molecular weight is 1020 g/mol. The molecule has 0 bridgehead atoms. The third-order valence-corrected chi connectivity index (χ3v) is 5.37. The van der Waals surface area contributed by atoms with Gasteiger partial charge in [-0.3, -0.25) is 0 Å². The molecule has 0 spiro atoms. The topological polar surface area (TPSA) is 239 Å². The van der Waals surface area contributed by atoms with Gasteiger partial charge in [0.2, 0.25) is 0 Å². The van der Waals surface area contributed by atoms with Crippen LogP contribution in [0.15, 0.2) is 0 Å². The van der Waals surface area contributed by atoms with Crippen LogP contribution < -0.4 is 0 Å². The minimum Gasteiger partial charge on any atom is 0 e. The number of quaternary nitrogens is 2. The molecule has 0 aromatic rings. The first-order chi connectivity index (χ1) is 22.2. The maximum atomic E-state index is 7.50. The zero-order valence-electron chi connectivity index (χ0n) is 29.5. The second-order valence-electron chi connectivity index (χ2n) is 6.31. The van der Waals surface area contributed by atoms with Crippen molar-refractivity contribution in [3.05, 3.63) is 79.8 Å². The molecule has 0 unspecified atom stereocenters. The van der Waals surface area contributed by atoms with Crippen LogP contribution in [0.4, 0.5) is 0 Å². The van der Waals surface area contributed by atoms with Crippen molar-refractivity contribution in [1.29, 1.82) is 0 Å². The number of hydrogen-bond donors (Lipinski definition) is 0. The smallest absolute Gasteiger partial charge is 0 e. The molecule has 0 saturated heterocycles. The first-order valence-corrected chi connectivity index (χ1v) is 14.1. The van der Waals surface area contributed by atoms with Gasteiger partial charge in [-0.1, -0.05) is 0 Å². The van der Waals surface area contributed by atoms with Gasteiger partial charge in [0.1, 0.15) is 0 Å². The Morgan fingerprint density at radius 3 is 0.347 bits per heavy atom. The maximum absolute atomic E-state index is 7.50. The van der Waals surface area contributed by atoms with Gasteiger partial charge in [0, 0.05) is 51.2 Å². The predicted molar refractivity (Wildman–Crippen MR) is 153 cm³/mol. The number of rotatable bonds is 8. The molecule has 280 valence electrons. The molecule has 0 aliphatic heterocycles. The van der Waals surface area contributed by atoms with E-state index in [1.807, 2.05) is 0 Å². The van der Waals surface area contributed by atoms with Crippen LogP contribution in [-0.2, 0) is 107 Å². The summed E-state index contributed by atoms with van der Waals surface area (Å²) in [5.41, 5.74) is 0. The van der Waals surface area contributed by atoms with E-state index in [1.165, 1.54) is 86.0 Å². The van der Waals surface area contributed by atoms with E-state index in [9.17, 15) is 0 Å². The van der Waals surface area contributed by atoms with E-state index >= 15 is 0 Å². The van der Waals surface area contributed by atoms with Crippen LogP contribution in [0.25, 0.3) is 0 Å². The molecule has 14 nitrogen and oxygen atoms in total. The Morgan fingerprint density at radius 1 is 0.306 bits per heavy atom. The zero-order chi connectivity index (χ0) is 42.2. The molecule has 0 fully saturated rings. The SMILES string of the molecule is CC[N+](CC)(CC)CC.CC[N+](CC)(CC)CC.C[CH](C)[Bi].[C-]#[O+].[C-]#[O+].[C-]#[O+].[C-]#[O+].[C-]#[O+].[C-]#[O+].[C-]#[O+].[C-]#[O+].[C-]#[O+].[C-]#[O+].[C-]#[O+].[C-]#[O+].[Fe].[Fe].[Fe]. The fourth-order valence-electron chi connectivity index (χ4n) is 2.68. The van der Waals surface area contributed by atoms with Crippen LogP contribution >= 0.6 is 0 Å². The summed E-state index contributed by atoms with van der Waals surface area (Å²) in [6, 6.07) is 0.